The van der Waals surface area contributed by atoms with Gasteiger partial charge >= 0.3 is 6.03 Å². The second-order valence-electron chi connectivity index (χ2n) is 9.38. The van der Waals surface area contributed by atoms with E-state index in [4.69, 9.17) is 5.26 Å². The summed E-state index contributed by atoms with van der Waals surface area (Å²) in [5, 5.41) is 14.8. The van der Waals surface area contributed by atoms with Crippen LogP contribution >= 0.6 is 0 Å². The molecule has 35 heavy (non-hydrogen) atoms. The Balaban J connectivity index is 1.34. The zero-order valence-corrected chi connectivity index (χ0v) is 20.2. The van der Waals surface area contributed by atoms with Crippen LogP contribution in [0.1, 0.15) is 59.2 Å². The van der Waals surface area contributed by atoms with Crippen molar-refractivity contribution in [2.45, 2.75) is 45.1 Å². The molecule has 2 saturated heterocycles. The van der Waals surface area contributed by atoms with Crippen LogP contribution in [-0.4, -0.2) is 59.9 Å². The highest BCUT2D eigenvalue weighted by Gasteiger charge is 2.27. The van der Waals surface area contributed by atoms with Gasteiger partial charge in [-0.05, 0) is 67.5 Å². The van der Waals surface area contributed by atoms with Crippen LogP contribution in [0.3, 0.4) is 0 Å². The van der Waals surface area contributed by atoms with E-state index in [0.29, 0.717) is 48.9 Å². The van der Waals surface area contributed by atoms with Crippen LogP contribution in [0.4, 0.5) is 10.5 Å². The standard InChI is InChI=1S/C27H31N5O3/c1-18-3-6-23(15-25(18)30-27(35)29-24-11-14-32(17-24)19(2)33)26(34)31-12-9-22(10-13-31)21-7-4-20(16-28)5-8-21/h3-8,15,22,24H,9-14,17H2,1-2H3,(H2,29,30,35)/t24-/m0/s1. The minimum atomic E-state index is -0.337. The summed E-state index contributed by atoms with van der Waals surface area (Å²) in [7, 11) is 0. The zero-order chi connectivity index (χ0) is 24.9. The normalized spacial score (nSPS) is 18.1. The van der Waals surface area contributed by atoms with Crippen molar-refractivity contribution in [1.29, 1.82) is 5.26 Å². The molecule has 2 heterocycles. The Kier molecular flexibility index (Phi) is 7.35. The number of carbonyl (C=O) groups is 3. The Morgan fingerprint density at radius 1 is 0.971 bits per heavy atom. The van der Waals surface area contributed by atoms with Crippen LogP contribution in [0, 0.1) is 18.3 Å². The number of hydrogen-bond donors (Lipinski definition) is 2. The van der Waals surface area contributed by atoms with Gasteiger partial charge in [-0.15, -0.1) is 0 Å². The average molecular weight is 474 g/mol. The lowest BCUT2D eigenvalue weighted by Gasteiger charge is -2.32. The van der Waals surface area contributed by atoms with Crippen molar-refractivity contribution in [3.05, 3.63) is 64.7 Å². The lowest BCUT2D eigenvalue weighted by Crippen LogP contribution is -2.40. The van der Waals surface area contributed by atoms with E-state index in [9.17, 15) is 14.4 Å². The molecule has 182 valence electrons. The maximum Gasteiger partial charge on any atom is 0.319 e. The summed E-state index contributed by atoms with van der Waals surface area (Å²) in [5.41, 5.74) is 3.87. The molecule has 2 aromatic rings. The van der Waals surface area contributed by atoms with E-state index in [-0.39, 0.29) is 23.9 Å². The average Bonchev–Trinajstić information content (AvgIpc) is 3.34. The number of piperidine rings is 1. The summed E-state index contributed by atoms with van der Waals surface area (Å²) in [6.07, 6.45) is 2.47. The van der Waals surface area contributed by atoms with Gasteiger partial charge in [0.25, 0.3) is 5.91 Å². The number of urea groups is 1. The molecule has 0 spiro atoms. The first-order valence-corrected chi connectivity index (χ1v) is 12.1. The Hall–Kier alpha value is -3.86. The third-order valence-corrected chi connectivity index (χ3v) is 6.99. The van der Waals surface area contributed by atoms with Crippen molar-refractivity contribution in [2.24, 2.45) is 0 Å². The van der Waals surface area contributed by atoms with Gasteiger partial charge in [0, 0.05) is 50.4 Å². The summed E-state index contributed by atoms with van der Waals surface area (Å²) in [6.45, 7) is 5.90. The van der Waals surface area contributed by atoms with Crippen LogP contribution in [0.25, 0.3) is 0 Å². The molecule has 2 N–H and O–H groups in total. The van der Waals surface area contributed by atoms with Crippen molar-refractivity contribution < 1.29 is 14.4 Å². The molecular weight excluding hydrogens is 442 g/mol. The van der Waals surface area contributed by atoms with E-state index in [1.54, 1.807) is 17.0 Å². The summed E-state index contributed by atoms with van der Waals surface area (Å²) in [4.78, 5) is 40.8. The highest BCUT2D eigenvalue weighted by atomic mass is 16.2. The smallest absolute Gasteiger partial charge is 0.319 e. The van der Waals surface area contributed by atoms with E-state index in [0.717, 1.165) is 24.8 Å². The van der Waals surface area contributed by atoms with E-state index < -0.39 is 0 Å². The minimum absolute atomic E-state index is 0.0118. The van der Waals surface area contributed by atoms with Crippen molar-refractivity contribution in [2.75, 3.05) is 31.5 Å². The minimum Gasteiger partial charge on any atom is -0.341 e. The topological polar surface area (TPSA) is 106 Å². The van der Waals surface area contributed by atoms with Gasteiger partial charge in [-0.3, -0.25) is 9.59 Å². The molecule has 0 unspecified atom stereocenters. The number of anilines is 1. The van der Waals surface area contributed by atoms with Crippen LogP contribution in [0.5, 0.6) is 0 Å². The van der Waals surface area contributed by atoms with Crippen LogP contribution in [0.2, 0.25) is 0 Å². The number of likely N-dealkylation sites (tertiary alicyclic amines) is 2. The quantitative estimate of drug-likeness (QED) is 0.707. The van der Waals surface area contributed by atoms with E-state index in [1.165, 1.54) is 12.5 Å². The van der Waals surface area contributed by atoms with Crippen LogP contribution < -0.4 is 10.6 Å². The zero-order valence-electron chi connectivity index (χ0n) is 20.2. The Morgan fingerprint density at radius 3 is 2.29 bits per heavy atom. The molecule has 4 amide bonds. The second-order valence-corrected chi connectivity index (χ2v) is 9.38. The van der Waals surface area contributed by atoms with Crippen molar-refractivity contribution >= 4 is 23.5 Å². The highest BCUT2D eigenvalue weighted by Crippen LogP contribution is 2.29. The number of benzene rings is 2. The van der Waals surface area contributed by atoms with Gasteiger partial charge in [-0.25, -0.2) is 4.79 Å². The number of nitrogens with one attached hydrogen (secondary N) is 2. The predicted molar refractivity (Wildman–Crippen MR) is 133 cm³/mol. The summed E-state index contributed by atoms with van der Waals surface area (Å²) >= 11 is 0. The molecule has 1 atom stereocenters. The SMILES string of the molecule is CC(=O)N1CC[C@H](NC(=O)Nc2cc(C(=O)N3CCC(c4ccc(C#N)cc4)CC3)ccc2C)C1. The first kappa shape index (κ1) is 24.3. The van der Waals surface area contributed by atoms with Gasteiger partial charge in [-0.2, -0.15) is 5.26 Å². The maximum absolute atomic E-state index is 13.2. The summed E-state index contributed by atoms with van der Waals surface area (Å²) < 4.78 is 0. The van der Waals surface area contributed by atoms with E-state index in [1.807, 2.05) is 42.2 Å². The number of aryl methyl sites for hydroxylation is 1. The van der Waals surface area contributed by atoms with Gasteiger partial charge in [-0.1, -0.05) is 18.2 Å². The summed E-state index contributed by atoms with van der Waals surface area (Å²) in [6, 6.07) is 14.8. The second kappa shape index (κ2) is 10.6. The predicted octanol–water partition coefficient (Wildman–Crippen LogP) is 3.63. The molecular formula is C27H31N5O3. The molecule has 0 aromatic heterocycles. The highest BCUT2D eigenvalue weighted by molar-refractivity contribution is 5.97. The molecule has 0 bridgehead atoms. The Labute approximate surface area is 205 Å². The van der Waals surface area contributed by atoms with Crippen molar-refractivity contribution in [1.82, 2.24) is 15.1 Å². The van der Waals surface area contributed by atoms with Gasteiger partial charge in [0.2, 0.25) is 5.91 Å². The molecule has 2 aromatic carbocycles. The molecule has 2 fully saturated rings. The number of nitrogens with zero attached hydrogens (tertiary/aromatic N) is 3. The number of amides is 4. The molecule has 8 nitrogen and oxygen atoms in total. The third kappa shape index (κ3) is 5.80. The maximum atomic E-state index is 13.2. The largest absolute Gasteiger partial charge is 0.341 e. The molecule has 0 saturated carbocycles. The lowest BCUT2D eigenvalue weighted by molar-refractivity contribution is -0.127. The van der Waals surface area contributed by atoms with Gasteiger partial charge < -0.3 is 20.4 Å². The molecule has 0 aliphatic carbocycles. The molecule has 0 radical (unpaired) electrons. The molecule has 2 aliphatic rings. The Morgan fingerprint density at radius 2 is 1.66 bits per heavy atom. The van der Waals surface area contributed by atoms with Gasteiger partial charge in [0.05, 0.1) is 11.6 Å². The summed E-state index contributed by atoms with van der Waals surface area (Å²) in [5.74, 6) is 0.345. The fourth-order valence-corrected chi connectivity index (χ4v) is 4.83. The monoisotopic (exact) mass is 473 g/mol. The fourth-order valence-electron chi connectivity index (χ4n) is 4.83. The van der Waals surface area contributed by atoms with E-state index in [2.05, 4.69) is 16.7 Å². The number of rotatable bonds is 4. The van der Waals surface area contributed by atoms with Gasteiger partial charge in [0.1, 0.15) is 0 Å². The molecule has 8 heteroatoms. The number of nitriles is 1. The number of hydrogen-bond acceptors (Lipinski definition) is 4. The first-order chi connectivity index (χ1) is 16.8. The fraction of sp³-hybridized carbons (Fsp3) is 0.407. The van der Waals surface area contributed by atoms with Crippen molar-refractivity contribution in [3.63, 3.8) is 0 Å². The van der Waals surface area contributed by atoms with E-state index >= 15 is 0 Å². The van der Waals surface area contributed by atoms with Gasteiger partial charge in [0.15, 0.2) is 0 Å². The van der Waals surface area contributed by atoms with Crippen molar-refractivity contribution in [3.8, 4) is 6.07 Å². The lowest BCUT2D eigenvalue weighted by atomic mass is 9.89. The Bertz CT molecular complexity index is 1150. The molecule has 4 rings (SSSR count). The first-order valence-electron chi connectivity index (χ1n) is 12.1. The van der Waals surface area contributed by atoms with Crippen LogP contribution in [0.15, 0.2) is 42.5 Å². The van der Waals surface area contributed by atoms with Crippen LogP contribution in [-0.2, 0) is 4.79 Å². The third-order valence-electron chi connectivity index (χ3n) is 6.99. The number of carbonyl (C=O) groups excluding carboxylic acids is 3. The molecule has 2 aliphatic heterocycles.